The zero-order valence-corrected chi connectivity index (χ0v) is 13.1. The maximum Gasteiger partial charge on any atom is 0.416 e. The number of hydrogen-bond acceptors (Lipinski definition) is 5. The number of nitrogens with one attached hydrogen (secondary N) is 1. The van der Waals surface area contributed by atoms with Crippen molar-refractivity contribution in [2.75, 3.05) is 5.73 Å². The van der Waals surface area contributed by atoms with E-state index in [1.807, 2.05) is 0 Å². The fourth-order valence-corrected chi connectivity index (χ4v) is 2.66. The van der Waals surface area contributed by atoms with E-state index < -0.39 is 11.7 Å². The summed E-state index contributed by atoms with van der Waals surface area (Å²) in [6, 6.07) is 8.35. The molecule has 26 heavy (non-hydrogen) atoms. The third-order valence-corrected chi connectivity index (χ3v) is 3.84. The molecule has 3 aromatic heterocycles. The summed E-state index contributed by atoms with van der Waals surface area (Å²) in [4.78, 5) is 12.5. The smallest absolute Gasteiger partial charge is 0.368 e. The Morgan fingerprint density at radius 1 is 1.04 bits per heavy atom. The number of anilines is 1. The minimum absolute atomic E-state index is 0.0600. The molecule has 0 aliphatic heterocycles. The van der Waals surface area contributed by atoms with E-state index in [9.17, 15) is 13.2 Å². The summed E-state index contributed by atoms with van der Waals surface area (Å²) in [5, 5.41) is 7.35. The highest BCUT2D eigenvalue weighted by Gasteiger charge is 2.30. The molecule has 4 rings (SSSR count). The fourth-order valence-electron chi connectivity index (χ4n) is 2.66. The number of fused-ring (bicyclic) bond motifs is 1. The van der Waals surface area contributed by atoms with Crippen LogP contribution in [-0.4, -0.2) is 25.1 Å². The van der Waals surface area contributed by atoms with Crippen molar-refractivity contribution in [3.05, 3.63) is 54.4 Å². The number of nitrogens with zero attached hydrogens (tertiary/aromatic N) is 4. The highest BCUT2D eigenvalue weighted by molar-refractivity contribution is 5.89. The molecule has 9 heteroatoms. The number of halogens is 3. The largest absolute Gasteiger partial charge is 0.416 e. The van der Waals surface area contributed by atoms with E-state index in [1.165, 1.54) is 12.3 Å². The Bertz CT molecular complexity index is 1100. The van der Waals surface area contributed by atoms with Crippen LogP contribution in [0.25, 0.3) is 33.5 Å². The molecule has 0 bridgehead atoms. The molecule has 0 saturated heterocycles. The molecule has 0 amide bonds. The minimum atomic E-state index is -4.45. The average molecular weight is 356 g/mol. The van der Waals surface area contributed by atoms with Crippen LogP contribution >= 0.6 is 0 Å². The first-order valence-corrected chi connectivity index (χ1v) is 7.52. The number of benzene rings is 1. The number of hydrogen-bond donors (Lipinski definition) is 2. The molecular weight excluding hydrogens is 345 g/mol. The fraction of sp³-hybridized carbons (Fsp3) is 0.0588. The molecule has 0 atom stereocenters. The molecule has 0 aliphatic rings. The maximum atomic E-state index is 13.1. The number of aromatic amines is 1. The Labute approximate surface area is 144 Å². The highest BCUT2D eigenvalue weighted by Crippen LogP contribution is 2.36. The van der Waals surface area contributed by atoms with Crippen LogP contribution in [0.15, 0.2) is 48.8 Å². The van der Waals surface area contributed by atoms with Gasteiger partial charge >= 0.3 is 6.18 Å². The number of aromatic nitrogens is 5. The van der Waals surface area contributed by atoms with Crippen LogP contribution in [0.1, 0.15) is 5.56 Å². The summed E-state index contributed by atoms with van der Waals surface area (Å²) >= 11 is 0. The molecule has 3 heterocycles. The minimum Gasteiger partial charge on any atom is -0.368 e. The summed E-state index contributed by atoms with van der Waals surface area (Å²) < 4.78 is 39.3. The summed E-state index contributed by atoms with van der Waals surface area (Å²) in [6.07, 6.45) is -1.40. The molecule has 0 spiro atoms. The Morgan fingerprint density at radius 3 is 2.65 bits per heavy atom. The second-order valence-corrected chi connectivity index (χ2v) is 5.57. The molecule has 0 unspecified atom stereocenters. The topological polar surface area (TPSA) is 93.4 Å². The van der Waals surface area contributed by atoms with Crippen molar-refractivity contribution in [3.8, 4) is 22.5 Å². The van der Waals surface area contributed by atoms with Gasteiger partial charge in [-0.1, -0.05) is 12.1 Å². The zero-order valence-electron chi connectivity index (χ0n) is 13.1. The van der Waals surface area contributed by atoms with E-state index in [0.29, 0.717) is 33.5 Å². The summed E-state index contributed by atoms with van der Waals surface area (Å²) in [5.41, 5.74) is 7.00. The van der Waals surface area contributed by atoms with E-state index in [4.69, 9.17) is 5.73 Å². The predicted molar refractivity (Wildman–Crippen MR) is 89.8 cm³/mol. The predicted octanol–water partition coefficient (Wildman–Crippen LogP) is 3.68. The lowest BCUT2D eigenvalue weighted by Crippen LogP contribution is -2.05. The first-order valence-electron chi connectivity index (χ1n) is 7.52. The van der Waals surface area contributed by atoms with Crippen LogP contribution in [-0.2, 0) is 6.18 Å². The van der Waals surface area contributed by atoms with Crippen molar-refractivity contribution < 1.29 is 13.2 Å². The molecule has 1 aromatic carbocycles. The van der Waals surface area contributed by atoms with Gasteiger partial charge in [-0.2, -0.15) is 18.3 Å². The molecule has 0 saturated carbocycles. The van der Waals surface area contributed by atoms with Crippen LogP contribution in [0.4, 0.5) is 19.1 Å². The SMILES string of the molecule is Nc1nccc(-c2cc3cn[nH]c3nc2-c2cccc(C(F)(F)F)c2)n1. The van der Waals surface area contributed by atoms with E-state index in [0.717, 1.165) is 12.1 Å². The number of H-pyrrole nitrogens is 1. The Hall–Kier alpha value is -3.49. The molecule has 6 nitrogen and oxygen atoms in total. The van der Waals surface area contributed by atoms with E-state index in [1.54, 1.807) is 24.4 Å². The van der Waals surface area contributed by atoms with Gasteiger partial charge in [0, 0.05) is 22.7 Å². The lowest BCUT2D eigenvalue weighted by Gasteiger charge is -2.12. The number of alkyl halides is 3. The van der Waals surface area contributed by atoms with Gasteiger partial charge in [0.25, 0.3) is 0 Å². The number of nitrogen functional groups attached to an aromatic ring is 1. The lowest BCUT2D eigenvalue weighted by molar-refractivity contribution is -0.137. The van der Waals surface area contributed by atoms with Crippen molar-refractivity contribution in [1.29, 1.82) is 0 Å². The summed E-state index contributed by atoms with van der Waals surface area (Å²) in [5.74, 6) is 0.0600. The van der Waals surface area contributed by atoms with Crippen molar-refractivity contribution in [1.82, 2.24) is 25.1 Å². The maximum absolute atomic E-state index is 13.1. The third-order valence-electron chi connectivity index (χ3n) is 3.84. The molecule has 0 radical (unpaired) electrons. The number of nitrogens with two attached hydrogens (primary N) is 1. The van der Waals surface area contributed by atoms with Gasteiger partial charge in [0.1, 0.15) is 0 Å². The zero-order chi connectivity index (χ0) is 18.3. The van der Waals surface area contributed by atoms with Gasteiger partial charge in [-0.05, 0) is 24.3 Å². The molecule has 3 N–H and O–H groups in total. The van der Waals surface area contributed by atoms with E-state index in [-0.39, 0.29) is 5.95 Å². The first-order chi connectivity index (χ1) is 12.4. The Morgan fingerprint density at radius 2 is 1.88 bits per heavy atom. The molecular formula is C17H11F3N6. The van der Waals surface area contributed by atoms with Crippen molar-refractivity contribution in [2.24, 2.45) is 0 Å². The normalized spacial score (nSPS) is 11.8. The van der Waals surface area contributed by atoms with Gasteiger partial charge in [0.2, 0.25) is 5.95 Å². The van der Waals surface area contributed by atoms with Gasteiger partial charge < -0.3 is 5.73 Å². The summed E-state index contributed by atoms with van der Waals surface area (Å²) in [7, 11) is 0. The highest BCUT2D eigenvalue weighted by atomic mass is 19.4. The molecule has 0 fully saturated rings. The van der Waals surface area contributed by atoms with Gasteiger partial charge in [-0.25, -0.2) is 15.0 Å². The van der Waals surface area contributed by atoms with Crippen LogP contribution in [0, 0.1) is 0 Å². The molecule has 0 aliphatic carbocycles. The van der Waals surface area contributed by atoms with Crippen LogP contribution in [0.2, 0.25) is 0 Å². The second-order valence-electron chi connectivity index (χ2n) is 5.57. The van der Waals surface area contributed by atoms with Gasteiger partial charge in [-0.15, -0.1) is 0 Å². The number of pyridine rings is 1. The number of rotatable bonds is 2. The quantitative estimate of drug-likeness (QED) is 0.571. The van der Waals surface area contributed by atoms with Crippen molar-refractivity contribution >= 4 is 17.0 Å². The first kappa shape index (κ1) is 16.0. The van der Waals surface area contributed by atoms with Crippen LogP contribution in [0.3, 0.4) is 0 Å². The summed E-state index contributed by atoms with van der Waals surface area (Å²) in [6.45, 7) is 0. The van der Waals surface area contributed by atoms with Gasteiger partial charge in [0.15, 0.2) is 5.65 Å². The third kappa shape index (κ3) is 2.83. The molecule has 4 aromatic rings. The molecule has 130 valence electrons. The lowest BCUT2D eigenvalue weighted by atomic mass is 10.0. The average Bonchev–Trinajstić information content (AvgIpc) is 3.07. The van der Waals surface area contributed by atoms with Crippen LogP contribution in [0.5, 0.6) is 0 Å². The Kier molecular flexibility index (Phi) is 3.57. The second kappa shape index (κ2) is 5.80. The van der Waals surface area contributed by atoms with Crippen molar-refractivity contribution in [3.63, 3.8) is 0 Å². The Balaban J connectivity index is 1.98. The van der Waals surface area contributed by atoms with Crippen LogP contribution < -0.4 is 5.73 Å². The standard InChI is InChI=1S/C17H11F3N6/c18-17(19,20)11-3-1-2-9(6-11)14-12(13-4-5-22-16(21)24-13)7-10-8-23-26-15(10)25-14/h1-8H,(H2,21,22,24)(H,23,25,26). The van der Waals surface area contributed by atoms with Gasteiger partial charge in [0.05, 0.1) is 23.1 Å². The van der Waals surface area contributed by atoms with Crippen molar-refractivity contribution in [2.45, 2.75) is 6.18 Å². The monoisotopic (exact) mass is 356 g/mol. The van der Waals surface area contributed by atoms with Gasteiger partial charge in [-0.3, -0.25) is 5.10 Å². The van der Waals surface area contributed by atoms with E-state index in [2.05, 4.69) is 25.1 Å². The van der Waals surface area contributed by atoms with E-state index >= 15 is 0 Å².